The molecule has 1 aromatic carbocycles. The van der Waals surface area contributed by atoms with Gasteiger partial charge in [0.2, 0.25) is 5.95 Å². The number of rotatable bonds is 7. The summed E-state index contributed by atoms with van der Waals surface area (Å²) in [4.78, 5) is 16.6. The highest BCUT2D eigenvalue weighted by atomic mass is 16.5. The Hall–Kier alpha value is -2.83. The van der Waals surface area contributed by atoms with E-state index in [4.69, 9.17) is 9.47 Å². The van der Waals surface area contributed by atoms with Crippen LogP contribution in [0.3, 0.4) is 0 Å². The maximum absolute atomic E-state index is 12.3. The lowest BCUT2D eigenvalue weighted by Crippen LogP contribution is -2.27. The molecule has 26 heavy (non-hydrogen) atoms. The highest BCUT2D eigenvalue weighted by molar-refractivity contribution is 5.96. The van der Waals surface area contributed by atoms with Crippen LogP contribution in [-0.4, -0.2) is 33.8 Å². The van der Waals surface area contributed by atoms with Crippen molar-refractivity contribution in [2.24, 2.45) is 0 Å². The fourth-order valence-corrected chi connectivity index (χ4v) is 3.15. The Morgan fingerprint density at radius 2 is 2.08 bits per heavy atom. The van der Waals surface area contributed by atoms with Crippen molar-refractivity contribution >= 4 is 11.7 Å². The molecule has 138 valence electrons. The Bertz CT molecular complexity index is 841. The summed E-state index contributed by atoms with van der Waals surface area (Å²) >= 11 is 0. The quantitative estimate of drug-likeness (QED) is 0.820. The van der Waals surface area contributed by atoms with Gasteiger partial charge in [-0.1, -0.05) is 13.0 Å². The average Bonchev–Trinajstić information content (AvgIpc) is 3.07. The lowest BCUT2D eigenvalue weighted by atomic mass is 9.93. The SMILES string of the molecule is CCCOc1ccc(C2C(C(C)=O)=C(C)Nc3ncnn32)cc1OCC. The number of nitrogens with one attached hydrogen (secondary N) is 1. The van der Waals surface area contributed by atoms with Crippen LogP contribution in [0.4, 0.5) is 5.95 Å². The fourth-order valence-electron chi connectivity index (χ4n) is 3.15. The standard InChI is InChI=1S/C19H24N4O3/c1-5-9-26-15-8-7-14(10-16(15)25-6-2)18-17(13(4)24)12(3)22-19-20-11-21-23(18)19/h7-8,10-11,18H,5-6,9H2,1-4H3,(H,20,21,22). The lowest BCUT2D eigenvalue weighted by Gasteiger charge is -2.28. The Balaban J connectivity index is 2.09. The zero-order valence-electron chi connectivity index (χ0n) is 15.6. The molecule has 0 fully saturated rings. The molecule has 1 atom stereocenters. The number of anilines is 1. The van der Waals surface area contributed by atoms with Gasteiger partial charge in [0.1, 0.15) is 12.4 Å². The van der Waals surface area contributed by atoms with E-state index in [2.05, 4.69) is 22.3 Å². The molecule has 0 radical (unpaired) electrons. The van der Waals surface area contributed by atoms with Crippen molar-refractivity contribution in [2.45, 2.75) is 40.2 Å². The van der Waals surface area contributed by atoms with Crippen LogP contribution < -0.4 is 14.8 Å². The van der Waals surface area contributed by atoms with Crippen molar-refractivity contribution in [3.63, 3.8) is 0 Å². The number of aromatic nitrogens is 3. The molecule has 7 nitrogen and oxygen atoms in total. The molecule has 2 heterocycles. The number of benzene rings is 1. The van der Waals surface area contributed by atoms with Gasteiger partial charge in [-0.05, 0) is 44.9 Å². The van der Waals surface area contributed by atoms with Crippen molar-refractivity contribution in [1.82, 2.24) is 14.8 Å². The van der Waals surface area contributed by atoms with E-state index in [1.165, 1.54) is 6.33 Å². The third-order valence-corrected chi connectivity index (χ3v) is 4.22. The predicted octanol–water partition coefficient (Wildman–Crippen LogP) is 3.34. The Kier molecular flexibility index (Phi) is 5.25. The minimum Gasteiger partial charge on any atom is -0.490 e. The van der Waals surface area contributed by atoms with Crippen LogP contribution in [-0.2, 0) is 4.79 Å². The van der Waals surface area contributed by atoms with Gasteiger partial charge in [-0.2, -0.15) is 10.1 Å². The first-order valence-electron chi connectivity index (χ1n) is 8.84. The van der Waals surface area contributed by atoms with Gasteiger partial charge >= 0.3 is 0 Å². The summed E-state index contributed by atoms with van der Waals surface area (Å²) in [5, 5.41) is 7.46. The summed E-state index contributed by atoms with van der Waals surface area (Å²) < 4.78 is 13.3. The van der Waals surface area contributed by atoms with Crippen molar-refractivity contribution < 1.29 is 14.3 Å². The molecule has 1 aliphatic heterocycles. The second kappa shape index (κ2) is 7.59. The van der Waals surface area contributed by atoms with Gasteiger partial charge < -0.3 is 14.8 Å². The Labute approximate surface area is 153 Å². The number of hydrogen-bond acceptors (Lipinski definition) is 6. The fraction of sp³-hybridized carbons (Fsp3) is 0.421. The van der Waals surface area contributed by atoms with Gasteiger partial charge in [0, 0.05) is 11.3 Å². The normalized spacial score (nSPS) is 16.1. The number of ether oxygens (including phenoxy) is 2. The number of allylic oxidation sites excluding steroid dienone is 2. The van der Waals surface area contributed by atoms with Gasteiger partial charge in [-0.25, -0.2) is 4.68 Å². The Morgan fingerprint density at radius 1 is 1.27 bits per heavy atom. The largest absolute Gasteiger partial charge is 0.490 e. The van der Waals surface area contributed by atoms with E-state index >= 15 is 0 Å². The number of ketones is 1. The smallest absolute Gasteiger partial charge is 0.226 e. The van der Waals surface area contributed by atoms with E-state index in [1.54, 1.807) is 11.6 Å². The summed E-state index contributed by atoms with van der Waals surface area (Å²) in [6.45, 7) is 8.59. The van der Waals surface area contributed by atoms with Crippen LogP contribution in [0.5, 0.6) is 11.5 Å². The second-order valence-electron chi connectivity index (χ2n) is 6.14. The topological polar surface area (TPSA) is 78.3 Å². The molecule has 0 saturated carbocycles. The first-order valence-corrected chi connectivity index (χ1v) is 8.84. The van der Waals surface area contributed by atoms with Gasteiger partial charge in [0.25, 0.3) is 0 Å². The van der Waals surface area contributed by atoms with Crippen LogP contribution in [0.1, 0.15) is 45.7 Å². The molecule has 0 amide bonds. The maximum atomic E-state index is 12.3. The van der Waals surface area contributed by atoms with Crippen molar-refractivity contribution in [1.29, 1.82) is 0 Å². The Morgan fingerprint density at radius 3 is 2.77 bits per heavy atom. The number of carbonyl (C=O) groups is 1. The molecule has 1 aliphatic rings. The highest BCUT2D eigenvalue weighted by Crippen LogP contribution is 2.38. The number of carbonyl (C=O) groups excluding carboxylic acids is 1. The van der Waals surface area contributed by atoms with Crippen LogP contribution >= 0.6 is 0 Å². The van der Waals surface area contributed by atoms with Crippen LogP contribution in [0, 0.1) is 0 Å². The van der Waals surface area contributed by atoms with Gasteiger partial charge in [0.15, 0.2) is 17.3 Å². The third-order valence-electron chi connectivity index (χ3n) is 4.22. The zero-order valence-corrected chi connectivity index (χ0v) is 15.6. The van der Waals surface area contributed by atoms with Crippen molar-refractivity contribution in [2.75, 3.05) is 18.5 Å². The summed E-state index contributed by atoms with van der Waals surface area (Å²) in [7, 11) is 0. The number of hydrogen-bond donors (Lipinski definition) is 1. The van der Waals surface area contributed by atoms with E-state index in [0.29, 0.717) is 36.2 Å². The van der Waals surface area contributed by atoms with E-state index < -0.39 is 0 Å². The number of nitrogens with zero attached hydrogens (tertiary/aromatic N) is 3. The molecule has 0 saturated heterocycles. The maximum Gasteiger partial charge on any atom is 0.226 e. The molecule has 0 bridgehead atoms. The second-order valence-corrected chi connectivity index (χ2v) is 6.14. The van der Waals surface area contributed by atoms with Crippen LogP contribution in [0.15, 0.2) is 35.8 Å². The van der Waals surface area contributed by atoms with E-state index in [0.717, 1.165) is 17.7 Å². The summed E-state index contributed by atoms with van der Waals surface area (Å²) in [5.41, 5.74) is 2.34. The van der Waals surface area contributed by atoms with Crippen LogP contribution in [0.2, 0.25) is 0 Å². The molecular formula is C19H24N4O3. The molecule has 2 aromatic rings. The molecule has 7 heteroatoms. The molecule has 1 N–H and O–H groups in total. The van der Waals surface area contributed by atoms with Crippen molar-refractivity contribution in [3.05, 3.63) is 41.4 Å². The summed E-state index contributed by atoms with van der Waals surface area (Å²) in [5.74, 6) is 1.97. The number of Topliss-reactive ketones (excluding diaryl/α,β-unsaturated/α-hetero) is 1. The lowest BCUT2D eigenvalue weighted by molar-refractivity contribution is -0.114. The summed E-state index contributed by atoms with van der Waals surface area (Å²) in [6.07, 6.45) is 2.40. The minimum atomic E-state index is -0.356. The number of fused-ring (bicyclic) bond motifs is 1. The monoisotopic (exact) mass is 356 g/mol. The molecule has 0 aliphatic carbocycles. The predicted molar refractivity (Wildman–Crippen MR) is 98.6 cm³/mol. The summed E-state index contributed by atoms with van der Waals surface area (Å²) in [6, 6.07) is 5.41. The van der Waals surface area contributed by atoms with Crippen molar-refractivity contribution in [3.8, 4) is 11.5 Å². The zero-order chi connectivity index (χ0) is 18.7. The average molecular weight is 356 g/mol. The third kappa shape index (κ3) is 3.29. The van der Waals surface area contributed by atoms with E-state index in [9.17, 15) is 4.79 Å². The first kappa shape index (κ1) is 18.0. The van der Waals surface area contributed by atoms with E-state index in [1.807, 2.05) is 32.0 Å². The molecule has 1 unspecified atom stereocenters. The van der Waals surface area contributed by atoms with Gasteiger partial charge in [-0.3, -0.25) is 4.79 Å². The highest BCUT2D eigenvalue weighted by Gasteiger charge is 2.32. The van der Waals surface area contributed by atoms with Gasteiger partial charge in [-0.15, -0.1) is 0 Å². The molecule has 1 aromatic heterocycles. The molecular weight excluding hydrogens is 332 g/mol. The molecule has 0 spiro atoms. The van der Waals surface area contributed by atoms with Gasteiger partial charge in [0.05, 0.1) is 13.2 Å². The van der Waals surface area contributed by atoms with E-state index in [-0.39, 0.29) is 11.8 Å². The minimum absolute atomic E-state index is 0.00887. The first-order chi connectivity index (χ1) is 12.6. The van der Waals surface area contributed by atoms with Crippen LogP contribution in [0.25, 0.3) is 0 Å². The molecule has 3 rings (SSSR count).